The van der Waals surface area contributed by atoms with Crippen molar-refractivity contribution in [3.8, 4) is 11.5 Å². The molecule has 2 aromatic rings. The van der Waals surface area contributed by atoms with Crippen LogP contribution in [0.3, 0.4) is 0 Å². The van der Waals surface area contributed by atoms with E-state index in [9.17, 15) is 4.79 Å². The lowest BCUT2D eigenvalue weighted by Gasteiger charge is -2.29. The normalized spacial score (nSPS) is 11.9. The van der Waals surface area contributed by atoms with Gasteiger partial charge in [-0.25, -0.2) is 4.98 Å². The molecule has 1 aromatic carbocycles. The number of ether oxygens (including phenoxy) is 3. The molecule has 0 aliphatic rings. The summed E-state index contributed by atoms with van der Waals surface area (Å²) in [5.74, 6) is 1.39. The highest BCUT2D eigenvalue weighted by molar-refractivity contribution is 5.76. The molecule has 8 nitrogen and oxygen atoms in total. The number of nitrogens with zero attached hydrogens (tertiary/aromatic N) is 4. The number of aromatic nitrogens is 3. The van der Waals surface area contributed by atoms with E-state index in [0.717, 1.165) is 5.56 Å². The van der Waals surface area contributed by atoms with Gasteiger partial charge >= 0.3 is 0 Å². The summed E-state index contributed by atoms with van der Waals surface area (Å²) >= 11 is 0. The maximum absolute atomic E-state index is 12.8. The van der Waals surface area contributed by atoms with Gasteiger partial charge in [0.15, 0.2) is 11.5 Å². The van der Waals surface area contributed by atoms with Crippen LogP contribution >= 0.6 is 0 Å². The second-order valence-corrected chi connectivity index (χ2v) is 6.28. The van der Waals surface area contributed by atoms with E-state index < -0.39 is 0 Å². The van der Waals surface area contributed by atoms with E-state index in [4.69, 9.17) is 14.2 Å². The average molecular weight is 376 g/mol. The largest absolute Gasteiger partial charge is 0.493 e. The smallest absolute Gasteiger partial charge is 0.223 e. The first-order valence-corrected chi connectivity index (χ1v) is 8.90. The highest BCUT2D eigenvalue weighted by Crippen LogP contribution is 2.28. The summed E-state index contributed by atoms with van der Waals surface area (Å²) in [6.07, 6.45) is 4.27. The van der Waals surface area contributed by atoms with Gasteiger partial charge in [0.1, 0.15) is 12.7 Å². The molecule has 8 heteroatoms. The highest BCUT2D eigenvalue weighted by atomic mass is 16.5. The molecular formula is C19H28N4O4. The fraction of sp³-hybridized carbons (Fsp3) is 0.526. The molecule has 1 amide bonds. The molecule has 0 bridgehead atoms. The average Bonchev–Trinajstić information content (AvgIpc) is 3.19. The molecule has 148 valence electrons. The molecule has 2 rings (SSSR count). The lowest BCUT2D eigenvalue weighted by molar-refractivity contribution is -0.135. The van der Waals surface area contributed by atoms with Crippen LogP contribution in [0.25, 0.3) is 0 Å². The van der Waals surface area contributed by atoms with Gasteiger partial charge in [-0.05, 0) is 31.0 Å². The number of rotatable bonds is 11. The molecule has 0 saturated heterocycles. The fourth-order valence-corrected chi connectivity index (χ4v) is 2.88. The third kappa shape index (κ3) is 5.96. The van der Waals surface area contributed by atoms with Gasteiger partial charge in [-0.1, -0.05) is 6.07 Å². The molecule has 0 saturated carbocycles. The van der Waals surface area contributed by atoms with E-state index in [1.54, 1.807) is 32.3 Å². The van der Waals surface area contributed by atoms with E-state index in [-0.39, 0.29) is 11.9 Å². The predicted molar refractivity (Wildman–Crippen MR) is 101 cm³/mol. The van der Waals surface area contributed by atoms with Crippen molar-refractivity contribution in [2.45, 2.75) is 38.9 Å². The zero-order valence-electron chi connectivity index (χ0n) is 16.4. The Morgan fingerprint density at radius 2 is 2.00 bits per heavy atom. The molecule has 0 aliphatic heterocycles. The number of hydrogen-bond acceptors (Lipinski definition) is 6. The van der Waals surface area contributed by atoms with Crippen LogP contribution in [0.1, 0.15) is 25.3 Å². The van der Waals surface area contributed by atoms with Crippen LogP contribution in [-0.2, 0) is 22.6 Å². The van der Waals surface area contributed by atoms with Gasteiger partial charge in [0.2, 0.25) is 5.91 Å². The monoisotopic (exact) mass is 376 g/mol. The molecule has 0 radical (unpaired) electrons. The lowest BCUT2D eigenvalue weighted by Crippen LogP contribution is -2.40. The maximum Gasteiger partial charge on any atom is 0.223 e. The Morgan fingerprint density at radius 1 is 1.22 bits per heavy atom. The molecule has 1 aromatic heterocycles. The molecule has 1 unspecified atom stereocenters. The molecular weight excluding hydrogens is 348 g/mol. The zero-order valence-corrected chi connectivity index (χ0v) is 16.4. The summed E-state index contributed by atoms with van der Waals surface area (Å²) in [5.41, 5.74) is 0.972. The topological polar surface area (TPSA) is 78.7 Å². The van der Waals surface area contributed by atoms with Gasteiger partial charge in [0.05, 0.1) is 26.9 Å². The summed E-state index contributed by atoms with van der Waals surface area (Å²) in [4.78, 5) is 18.6. The number of hydrogen-bond donors (Lipinski definition) is 0. The fourth-order valence-electron chi connectivity index (χ4n) is 2.88. The van der Waals surface area contributed by atoms with Gasteiger partial charge < -0.3 is 19.1 Å². The summed E-state index contributed by atoms with van der Waals surface area (Å²) in [7, 11) is 4.84. The number of amides is 1. The molecule has 1 atom stereocenters. The summed E-state index contributed by atoms with van der Waals surface area (Å²) in [6.45, 7) is 3.60. The van der Waals surface area contributed by atoms with Crippen molar-refractivity contribution in [1.29, 1.82) is 0 Å². The van der Waals surface area contributed by atoms with E-state index in [0.29, 0.717) is 44.0 Å². The molecule has 27 heavy (non-hydrogen) atoms. The van der Waals surface area contributed by atoms with Crippen molar-refractivity contribution in [2.24, 2.45) is 0 Å². The first-order chi connectivity index (χ1) is 13.1. The number of carbonyl (C=O) groups is 1. The minimum absolute atomic E-state index is 0.0398. The second kappa shape index (κ2) is 10.5. The number of carbonyl (C=O) groups excluding carboxylic acids is 1. The first kappa shape index (κ1) is 20.7. The summed E-state index contributed by atoms with van der Waals surface area (Å²) in [5, 5.41) is 4.06. The third-order valence-electron chi connectivity index (χ3n) is 4.31. The molecule has 0 aliphatic carbocycles. The Bertz CT molecular complexity index is 706. The maximum atomic E-state index is 12.8. The van der Waals surface area contributed by atoms with Crippen LogP contribution in [0.15, 0.2) is 30.9 Å². The minimum Gasteiger partial charge on any atom is -0.493 e. The first-order valence-electron chi connectivity index (χ1n) is 8.90. The van der Waals surface area contributed by atoms with Crippen LogP contribution in [0.2, 0.25) is 0 Å². The van der Waals surface area contributed by atoms with Gasteiger partial charge in [-0.15, -0.1) is 0 Å². The van der Waals surface area contributed by atoms with E-state index >= 15 is 0 Å². The molecule has 1 heterocycles. The highest BCUT2D eigenvalue weighted by Gasteiger charge is 2.21. The van der Waals surface area contributed by atoms with E-state index in [1.165, 1.54) is 6.33 Å². The van der Waals surface area contributed by atoms with Gasteiger partial charge in [0.25, 0.3) is 0 Å². The lowest BCUT2D eigenvalue weighted by atomic mass is 10.1. The van der Waals surface area contributed by atoms with Crippen LogP contribution < -0.4 is 9.47 Å². The molecule has 0 N–H and O–H groups in total. The van der Waals surface area contributed by atoms with E-state index in [2.05, 4.69) is 10.1 Å². The Kier molecular flexibility index (Phi) is 8.06. The summed E-state index contributed by atoms with van der Waals surface area (Å²) < 4.78 is 17.6. The quantitative estimate of drug-likeness (QED) is 0.598. The van der Waals surface area contributed by atoms with Crippen LogP contribution in [-0.4, -0.2) is 59.5 Å². The van der Waals surface area contributed by atoms with Crippen molar-refractivity contribution in [2.75, 3.05) is 27.9 Å². The predicted octanol–water partition coefficient (Wildman–Crippen LogP) is 2.14. The van der Waals surface area contributed by atoms with Crippen molar-refractivity contribution < 1.29 is 19.0 Å². The van der Waals surface area contributed by atoms with Crippen LogP contribution in [0, 0.1) is 0 Å². The minimum atomic E-state index is -0.0398. The van der Waals surface area contributed by atoms with E-state index in [1.807, 2.05) is 30.0 Å². The number of aryl methyl sites for hydroxylation is 1. The number of benzene rings is 1. The molecule has 0 spiro atoms. The SMILES string of the molecule is COCC(C)N(Cc1ccc(OC)c(OC)c1)C(=O)CCCn1cncn1. The summed E-state index contributed by atoms with van der Waals surface area (Å²) in [6, 6.07) is 5.65. The van der Waals surface area contributed by atoms with Crippen molar-refractivity contribution in [3.63, 3.8) is 0 Å². The van der Waals surface area contributed by atoms with Crippen molar-refractivity contribution in [3.05, 3.63) is 36.4 Å². The second-order valence-electron chi connectivity index (χ2n) is 6.28. The van der Waals surface area contributed by atoms with Crippen LogP contribution in [0.4, 0.5) is 0 Å². The van der Waals surface area contributed by atoms with Crippen LogP contribution in [0.5, 0.6) is 11.5 Å². The Balaban J connectivity index is 2.05. The molecule has 0 fully saturated rings. The standard InChI is InChI=1S/C19H28N4O4/c1-15(12-25-2)23(19(24)6-5-9-22-14-20-13-21-22)11-16-7-8-17(26-3)18(10-16)27-4/h7-8,10,13-15H,5-6,9,11-12H2,1-4H3. The Hall–Kier alpha value is -2.61. The Morgan fingerprint density at radius 3 is 2.63 bits per heavy atom. The number of methoxy groups -OCH3 is 3. The van der Waals surface area contributed by atoms with Gasteiger partial charge in [0, 0.05) is 26.6 Å². The third-order valence-corrected chi connectivity index (χ3v) is 4.31. The van der Waals surface area contributed by atoms with Crippen molar-refractivity contribution in [1.82, 2.24) is 19.7 Å². The van der Waals surface area contributed by atoms with Gasteiger partial charge in [-0.2, -0.15) is 5.10 Å². The van der Waals surface area contributed by atoms with Crippen molar-refractivity contribution >= 4 is 5.91 Å². The van der Waals surface area contributed by atoms with Gasteiger partial charge in [-0.3, -0.25) is 9.48 Å². The zero-order chi connectivity index (χ0) is 19.6. The Labute approximate surface area is 160 Å².